The molecule has 2 aliphatic rings. The van der Waals surface area contributed by atoms with Gasteiger partial charge in [-0.2, -0.15) is 18.2 Å². The van der Waals surface area contributed by atoms with E-state index in [1.54, 1.807) is 22.6 Å². The van der Waals surface area contributed by atoms with E-state index in [9.17, 15) is 22.8 Å². The van der Waals surface area contributed by atoms with Crippen LogP contribution in [0, 0.1) is 13.8 Å². The van der Waals surface area contributed by atoms with E-state index in [-0.39, 0.29) is 23.6 Å². The number of aromatic nitrogens is 4. The summed E-state index contributed by atoms with van der Waals surface area (Å²) in [6.45, 7) is 4.59. The fraction of sp³-hybridized carbons (Fsp3) is 0.304. The van der Waals surface area contributed by atoms with Gasteiger partial charge in [0.15, 0.2) is 11.5 Å². The minimum absolute atomic E-state index is 0.0374. The third-order valence-electron chi connectivity index (χ3n) is 5.69. The minimum Gasteiger partial charge on any atom is -0.321 e. The van der Waals surface area contributed by atoms with Gasteiger partial charge in [-0.1, -0.05) is 18.2 Å². The summed E-state index contributed by atoms with van der Waals surface area (Å²) in [5.74, 6) is 0.142. The number of hydrogen-bond acceptors (Lipinski definition) is 5. The van der Waals surface area contributed by atoms with Gasteiger partial charge in [-0.3, -0.25) is 9.78 Å². The van der Waals surface area contributed by atoms with Crippen molar-refractivity contribution >= 4 is 11.0 Å². The van der Waals surface area contributed by atoms with E-state index in [1.165, 1.54) is 12.1 Å². The molecule has 172 valence electrons. The number of alkyl halides is 3. The van der Waals surface area contributed by atoms with Crippen LogP contribution in [0.15, 0.2) is 46.0 Å². The van der Waals surface area contributed by atoms with Crippen LogP contribution < -0.4 is 11.2 Å². The average molecular weight is 457 g/mol. The maximum absolute atomic E-state index is 13.3. The van der Waals surface area contributed by atoms with Gasteiger partial charge in [0.2, 0.25) is 0 Å². The van der Waals surface area contributed by atoms with E-state index in [0.717, 1.165) is 17.2 Å². The monoisotopic (exact) mass is 457 g/mol. The Balaban J connectivity index is 1.72. The number of benzene rings is 2. The molecule has 2 aliphatic heterocycles. The average Bonchev–Trinajstić information content (AvgIpc) is 2.72. The highest BCUT2D eigenvalue weighted by Gasteiger charge is 2.33. The van der Waals surface area contributed by atoms with E-state index in [2.05, 4.69) is 15.0 Å². The van der Waals surface area contributed by atoms with E-state index < -0.39 is 23.0 Å². The predicted molar refractivity (Wildman–Crippen MR) is 118 cm³/mol. The van der Waals surface area contributed by atoms with Crippen molar-refractivity contribution in [3.63, 3.8) is 0 Å². The highest BCUT2D eigenvalue weighted by atomic mass is 19.4. The van der Waals surface area contributed by atoms with Crippen molar-refractivity contribution in [2.75, 3.05) is 13.6 Å². The molecule has 0 radical (unpaired) electrons. The van der Waals surface area contributed by atoms with Gasteiger partial charge in [0.1, 0.15) is 0 Å². The molecule has 0 saturated carbocycles. The van der Waals surface area contributed by atoms with Crippen LogP contribution in [0.25, 0.3) is 22.6 Å². The fourth-order valence-electron chi connectivity index (χ4n) is 3.85. The van der Waals surface area contributed by atoms with Crippen molar-refractivity contribution in [3.8, 4) is 11.5 Å². The van der Waals surface area contributed by atoms with Crippen molar-refractivity contribution in [1.29, 1.82) is 0 Å². The van der Waals surface area contributed by atoms with Gasteiger partial charge in [-0.15, -0.1) is 0 Å². The number of likely N-dealkylation sites (N-methyl/N-ethyl adjacent to an activating group) is 1. The highest BCUT2D eigenvalue weighted by molar-refractivity contribution is 5.81. The molecule has 1 N–H and O–H groups in total. The van der Waals surface area contributed by atoms with Crippen LogP contribution in [0.5, 0.6) is 0 Å². The lowest BCUT2D eigenvalue weighted by Crippen LogP contribution is -2.31. The number of nitrogens with zero attached hydrogens (tertiary/aromatic N) is 4. The first-order chi connectivity index (χ1) is 15.5. The number of rotatable bonds is 5. The number of H-pyrrole nitrogens is 1. The molecule has 4 rings (SSSR count). The number of aromatic amines is 1. The minimum atomic E-state index is -4.44. The maximum Gasteiger partial charge on any atom is 0.416 e. The van der Waals surface area contributed by atoms with Gasteiger partial charge in [0.25, 0.3) is 5.56 Å². The normalized spacial score (nSPS) is 12.2. The third kappa shape index (κ3) is 4.51. The quantitative estimate of drug-likeness (QED) is 0.465. The Morgan fingerprint density at radius 3 is 2.48 bits per heavy atom. The molecule has 0 spiro atoms. The lowest BCUT2D eigenvalue weighted by atomic mass is 10.1. The molecular formula is C23H22F3N5O2. The second-order valence-corrected chi connectivity index (χ2v) is 8.12. The van der Waals surface area contributed by atoms with E-state index in [4.69, 9.17) is 0 Å². The van der Waals surface area contributed by atoms with Crippen molar-refractivity contribution in [1.82, 2.24) is 24.4 Å². The van der Waals surface area contributed by atoms with Gasteiger partial charge in [-0.25, -0.2) is 9.78 Å². The molecule has 0 atom stereocenters. The second-order valence-electron chi connectivity index (χ2n) is 8.12. The molecule has 0 unspecified atom stereocenters. The molecule has 33 heavy (non-hydrogen) atoms. The Bertz CT molecular complexity index is 1420. The van der Waals surface area contributed by atoms with Crippen LogP contribution in [-0.2, 0) is 19.3 Å². The van der Waals surface area contributed by atoms with Crippen LogP contribution in [-0.4, -0.2) is 38.0 Å². The number of nitrogens with one attached hydrogen (secondary N) is 1. The smallest absolute Gasteiger partial charge is 0.321 e. The number of halogens is 3. The summed E-state index contributed by atoms with van der Waals surface area (Å²) in [6.07, 6.45) is -4.44. The second kappa shape index (κ2) is 8.43. The summed E-state index contributed by atoms with van der Waals surface area (Å²) in [5, 5.41) is 0. The molecule has 2 aromatic rings. The summed E-state index contributed by atoms with van der Waals surface area (Å²) >= 11 is 0. The summed E-state index contributed by atoms with van der Waals surface area (Å²) < 4.78 is 41.8. The molecule has 0 saturated heterocycles. The lowest BCUT2D eigenvalue weighted by Gasteiger charge is -2.23. The Labute approximate surface area is 186 Å². The predicted octanol–water partition coefficient (Wildman–Crippen LogP) is 3.35. The summed E-state index contributed by atoms with van der Waals surface area (Å²) in [5.41, 5.74) is 1.38. The van der Waals surface area contributed by atoms with Gasteiger partial charge in [0, 0.05) is 19.6 Å². The zero-order valence-electron chi connectivity index (χ0n) is 18.3. The first-order valence-corrected chi connectivity index (χ1v) is 10.3. The molecule has 0 bridgehead atoms. The van der Waals surface area contributed by atoms with Crippen LogP contribution in [0.2, 0.25) is 0 Å². The topological polar surface area (TPSA) is 83.9 Å². The van der Waals surface area contributed by atoms with Gasteiger partial charge >= 0.3 is 11.9 Å². The molecule has 0 amide bonds. The van der Waals surface area contributed by atoms with Gasteiger partial charge < -0.3 is 9.47 Å². The first kappa shape index (κ1) is 22.7. The Hall–Kier alpha value is -3.53. The number of fused-ring (bicyclic) bond motifs is 2. The van der Waals surface area contributed by atoms with Gasteiger partial charge in [0.05, 0.1) is 16.6 Å². The number of hydrogen-bond donors (Lipinski definition) is 1. The molecule has 7 nitrogen and oxygen atoms in total. The van der Waals surface area contributed by atoms with Crippen molar-refractivity contribution in [2.45, 2.75) is 33.1 Å². The zero-order valence-corrected chi connectivity index (χ0v) is 18.3. The molecule has 0 aromatic heterocycles. The third-order valence-corrected chi connectivity index (χ3v) is 5.69. The molecule has 2 aromatic carbocycles. The highest BCUT2D eigenvalue weighted by Crippen LogP contribution is 2.32. The number of aryl methyl sites for hydroxylation is 2. The molecule has 0 aliphatic carbocycles. The van der Waals surface area contributed by atoms with Crippen molar-refractivity contribution in [2.24, 2.45) is 0 Å². The summed E-state index contributed by atoms with van der Waals surface area (Å²) in [6, 6.07) is 9.23. The largest absolute Gasteiger partial charge is 0.416 e. The van der Waals surface area contributed by atoms with Crippen LogP contribution in [0.4, 0.5) is 13.2 Å². The molecule has 0 fully saturated rings. The fourth-order valence-corrected chi connectivity index (χ4v) is 3.85. The Morgan fingerprint density at radius 1 is 1.06 bits per heavy atom. The molecular weight excluding hydrogens is 435 g/mol. The van der Waals surface area contributed by atoms with Gasteiger partial charge in [-0.05, 0) is 55.8 Å². The van der Waals surface area contributed by atoms with E-state index in [1.807, 2.05) is 26.0 Å². The van der Waals surface area contributed by atoms with Crippen LogP contribution in [0.1, 0.15) is 22.3 Å². The first-order valence-electron chi connectivity index (χ1n) is 10.3. The SMILES string of the molecule is Cc1cc2nc3c(=O)[nH]c(=O)nc-3n(CCN(C)Cc3ccccc3C(F)(F)F)c2cc1C. The Kier molecular flexibility index (Phi) is 5.79. The van der Waals surface area contributed by atoms with Crippen LogP contribution >= 0.6 is 0 Å². The van der Waals surface area contributed by atoms with E-state index >= 15 is 0 Å². The summed E-state index contributed by atoms with van der Waals surface area (Å²) in [7, 11) is 1.72. The van der Waals surface area contributed by atoms with Crippen molar-refractivity contribution < 1.29 is 13.2 Å². The molecule has 2 heterocycles. The summed E-state index contributed by atoms with van der Waals surface area (Å²) in [4.78, 5) is 36.5. The Morgan fingerprint density at radius 2 is 1.76 bits per heavy atom. The van der Waals surface area contributed by atoms with Crippen molar-refractivity contribution in [3.05, 3.63) is 79.5 Å². The van der Waals surface area contributed by atoms with E-state index in [0.29, 0.717) is 24.1 Å². The lowest BCUT2D eigenvalue weighted by molar-refractivity contribution is -0.138. The van der Waals surface area contributed by atoms with Crippen LogP contribution in [0.3, 0.4) is 0 Å². The standard InChI is InChI=1S/C23H22F3N5O2/c1-13-10-17-18(11-14(13)2)31(20-19(27-17)21(32)29-22(33)28-20)9-8-30(3)12-15-6-4-5-7-16(15)23(24,25)26/h4-7,10-11H,8-9,12H2,1-3H3,(H,29,32,33). The molecule has 10 heteroatoms. The maximum atomic E-state index is 13.3. The zero-order chi connectivity index (χ0) is 23.9.